The average molecular weight is 491 g/mol. The van der Waals surface area contributed by atoms with Crippen LogP contribution in [0.3, 0.4) is 0 Å². The number of nitrogens with two attached hydrogens (primary N) is 1. The molecule has 0 rings (SSSR count). The molecule has 0 aromatic carbocycles. The molecule has 0 amide bonds. The highest BCUT2D eigenvalue weighted by Crippen LogP contribution is 2.34. The van der Waals surface area contributed by atoms with Gasteiger partial charge in [-0.05, 0) is 12.8 Å². The van der Waals surface area contributed by atoms with Crippen molar-refractivity contribution in [1.29, 1.82) is 0 Å². The first kappa shape index (κ1) is 33.1. The highest BCUT2D eigenvalue weighted by molar-refractivity contribution is 7.89. The SMILES string of the molecule is CCCCCCCCCCS(=O)(=O)NC(CO)CCCCCC.NCCOP(=O)(O)O. The van der Waals surface area contributed by atoms with Crippen LogP contribution in [-0.2, 0) is 19.1 Å². The van der Waals surface area contributed by atoms with Gasteiger partial charge in [-0.2, -0.15) is 0 Å². The maximum atomic E-state index is 12.0. The Labute approximate surface area is 189 Å². The second kappa shape index (κ2) is 21.8. The van der Waals surface area contributed by atoms with Gasteiger partial charge in [-0.1, -0.05) is 84.5 Å². The van der Waals surface area contributed by atoms with Crippen molar-refractivity contribution in [1.82, 2.24) is 4.72 Å². The summed E-state index contributed by atoms with van der Waals surface area (Å²) in [5.41, 5.74) is 4.87. The predicted octanol–water partition coefficient (Wildman–Crippen LogP) is 3.43. The number of hydrogen-bond acceptors (Lipinski definition) is 6. The maximum Gasteiger partial charge on any atom is 0.469 e. The van der Waals surface area contributed by atoms with Gasteiger partial charge in [-0.25, -0.2) is 17.7 Å². The van der Waals surface area contributed by atoms with Gasteiger partial charge in [0.05, 0.1) is 19.0 Å². The summed E-state index contributed by atoms with van der Waals surface area (Å²) in [7, 11) is -7.51. The molecule has 0 radical (unpaired) electrons. The average Bonchev–Trinajstić information content (AvgIpc) is 2.70. The molecular formula is C20H47N2O7PS. The summed E-state index contributed by atoms with van der Waals surface area (Å²) < 4.78 is 40.5. The molecule has 0 fully saturated rings. The van der Waals surface area contributed by atoms with Gasteiger partial charge in [0.25, 0.3) is 0 Å². The molecule has 0 bridgehead atoms. The number of phosphoric acid groups is 1. The molecule has 0 spiro atoms. The molecular weight excluding hydrogens is 443 g/mol. The van der Waals surface area contributed by atoms with Gasteiger partial charge in [-0.3, -0.25) is 4.52 Å². The third kappa shape index (κ3) is 27.9. The Bertz CT molecular complexity index is 530. The van der Waals surface area contributed by atoms with Crippen molar-refractivity contribution in [2.24, 2.45) is 5.73 Å². The molecule has 31 heavy (non-hydrogen) atoms. The Morgan fingerprint density at radius 1 is 0.903 bits per heavy atom. The van der Waals surface area contributed by atoms with Crippen LogP contribution in [0.2, 0.25) is 0 Å². The van der Waals surface area contributed by atoms with E-state index in [1.807, 2.05) is 0 Å². The summed E-state index contributed by atoms with van der Waals surface area (Å²) >= 11 is 0. The first-order chi connectivity index (χ1) is 14.6. The van der Waals surface area contributed by atoms with Crippen LogP contribution in [0.25, 0.3) is 0 Å². The summed E-state index contributed by atoms with van der Waals surface area (Å²) in [6.45, 7) is 4.26. The summed E-state index contributed by atoms with van der Waals surface area (Å²) in [6, 6.07) is -0.314. The van der Waals surface area contributed by atoms with E-state index < -0.39 is 17.8 Å². The number of aliphatic hydroxyl groups is 1. The summed E-state index contributed by atoms with van der Waals surface area (Å²) in [5, 5.41) is 9.33. The summed E-state index contributed by atoms with van der Waals surface area (Å²) in [4.78, 5) is 16.0. The van der Waals surface area contributed by atoms with E-state index in [0.717, 1.165) is 44.9 Å². The molecule has 0 saturated carbocycles. The summed E-state index contributed by atoms with van der Waals surface area (Å²) in [5.74, 6) is 0.188. The van der Waals surface area contributed by atoms with Crippen LogP contribution in [0.5, 0.6) is 0 Å². The second-order valence-corrected chi connectivity index (χ2v) is 10.9. The first-order valence-electron chi connectivity index (χ1n) is 11.6. The van der Waals surface area contributed by atoms with E-state index in [2.05, 4.69) is 23.1 Å². The van der Waals surface area contributed by atoms with Gasteiger partial charge in [0.1, 0.15) is 0 Å². The fourth-order valence-corrected chi connectivity index (χ4v) is 4.66. The standard InChI is InChI=1S/C18H39NO3S.C2H8NO4P/c1-3-5-7-9-10-11-12-14-16-23(21,22)19-18(17-20)15-13-8-6-4-2;3-1-2-7-8(4,5)6/h18-20H,3-17H2,1-2H3;1-3H2,(H2,4,5,6). The van der Waals surface area contributed by atoms with Crippen molar-refractivity contribution >= 4 is 17.8 Å². The molecule has 11 heteroatoms. The maximum absolute atomic E-state index is 12.0. The van der Waals surface area contributed by atoms with Gasteiger partial charge in [0.15, 0.2) is 0 Å². The Kier molecular flexibility index (Phi) is 23.3. The molecule has 190 valence electrons. The van der Waals surface area contributed by atoms with E-state index in [1.165, 1.54) is 38.5 Å². The zero-order valence-electron chi connectivity index (χ0n) is 19.5. The van der Waals surface area contributed by atoms with Gasteiger partial charge >= 0.3 is 7.82 Å². The predicted molar refractivity (Wildman–Crippen MR) is 126 cm³/mol. The fourth-order valence-electron chi connectivity index (χ4n) is 2.92. The number of phosphoric ester groups is 1. The van der Waals surface area contributed by atoms with Crippen LogP contribution in [0, 0.1) is 0 Å². The van der Waals surface area contributed by atoms with Crippen molar-refractivity contribution in [3.8, 4) is 0 Å². The minimum Gasteiger partial charge on any atom is -0.395 e. The monoisotopic (exact) mass is 490 g/mol. The van der Waals surface area contributed by atoms with Gasteiger partial charge < -0.3 is 20.6 Å². The first-order valence-corrected chi connectivity index (χ1v) is 14.8. The number of nitrogens with one attached hydrogen (secondary N) is 1. The fraction of sp³-hybridized carbons (Fsp3) is 1.00. The molecule has 0 saturated heterocycles. The van der Waals surface area contributed by atoms with Crippen LogP contribution in [-0.4, -0.2) is 54.9 Å². The van der Waals surface area contributed by atoms with E-state index in [-0.39, 0.29) is 31.6 Å². The Morgan fingerprint density at radius 2 is 1.39 bits per heavy atom. The molecule has 0 aliphatic heterocycles. The van der Waals surface area contributed by atoms with Crippen LogP contribution >= 0.6 is 7.82 Å². The molecule has 0 aliphatic rings. The Hall–Kier alpha value is -0.0600. The van der Waals surface area contributed by atoms with Crippen molar-refractivity contribution in [2.45, 2.75) is 103 Å². The topological polar surface area (TPSA) is 159 Å². The van der Waals surface area contributed by atoms with Gasteiger partial charge in [0, 0.05) is 12.6 Å². The van der Waals surface area contributed by atoms with Crippen LogP contribution in [0.1, 0.15) is 97.3 Å². The Morgan fingerprint density at radius 3 is 1.81 bits per heavy atom. The highest BCUT2D eigenvalue weighted by atomic mass is 32.2. The molecule has 9 nitrogen and oxygen atoms in total. The van der Waals surface area contributed by atoms with E-state index in [9.17, 15) is 18.1 Å². The smallest absolute Gasteiger partial charge is 0.395 e. The quantitative estimate of drug-likeness (QED) is 0.128. The number of rotatable bonds is 20. The lowest BCUT2D eigenvalue weighted by molar-refractivity contribution is 0.202. The lowest BCUT2D eigenvalue weighted by Gasteiger charge is -2.16. The van der Waals surface area contributed by atoms with Gasteiger partial charge in [-0.15, -0.1) is 0 Å². The van der Waals surface area contributed by atoms with E-state index in [4.69, 9.17) is 15.5 Å². The molecule has 1 unspecified atom stereocenters. The van der Waals surface area contributed by atoms with Gasteiger partial charge in [0.2, 0.25) is 10.0 Å². The van der Waals surface area contributed by atoms with Crippen LogP contribution in [0.15, 0.2) is 0 Å². The zero-order chi connectivity index (χ0) is 24.0. The van der Waals surface area contributed by atoms with E-state index in [1.54, 1.807) is 0 Å². The lowest BCUT2D eigenvalue weighted by atomic mass is 10.1. The van der Waals surface area contributed by atoms with Crippen molar-refractivity contribution in [3.63, 3.8) is 0 Å². The number of aliphatic hydroxyl groups excluding tert-OH is 1. The third-order valence-corrected chi connectivity index (χ3v) is 6.65. The van der Waals surface area contributed by atoms with Crippen LogP contribution in [0.4, 0.5) is 0 Å². The van der Waals surface area contributed by atoms with E-state index in [0.29, 0.717) is 0 Å². The number of sulfonamides is 1. The lowest BCUT2D eigenvalue weighted by Crippen LogP contribution is -2.38. The van der Waals surface area contributed by atoms with E-state index >= 15 is 0 Å². The molecule has 1 atom stereocenters. The minimum atomic E-state index is -4.26. The Balaban J connectivity index is 0. The highest BCUT2D eigenvalue weighted by Gasteiger charge is 2.16. The van der Waals surface area contributed by atoms with Crippen molar-refractivity contribution < 1.29 is 32.4 Å². The number of hydrogen-bond donors (Lipinski definition) is 5. The van der Waals surface area contributed by atoms with Crippen molar-refractivity contribution in [2.75, 3.05) is 25.5 Å². The molecule has 0 aliphatic carbocycles. The molecule has 0 aromatic rings. The largest absolute Gasteiger partial charge is 0.469 e. The minimum absolute atomic E-state index is 0.107. The third-order valence-electron chi connectivity index (χ3n) is 4.62. The number of unbranched alkanes of at least 4 members (excludes halogenated alkanes) is 10. The van der Waals surface area contributed by atoms with Crippen molar-refractivity contribution in [3.05, 3.63) is 0 Å². The van der Waals surface area contributed by atoms with Crippen LogP contribution < -0.4 is 10.5 Å². The molecule has 0 heterocycles. The normalized spacial score (nSPS) is 13.0. The molecule has 6 N–H and O–H groups in total. The zero-order valence-corrected chi connectivity index (χ0v) is 21.2. The second-order valence-electron chi connectivity index (χ2n) is 7.75. The summed E-state index contributed by atoms with van der Waals surface area (Å²) in [6.07, 6.45) is 14.3. The molecule has 0 aromatic heterocycles.